The molecule has 2 N–H and O–H groups in total. The van der Waals surface area contributed by atoms with E-state index in [1.54, 1.807) is 0 Å². The van der Waals surface area contributed by atoms with Crippen LogP contribution in [0.1, 0.15) is 51.4 Å². The molecule has 2 aliphatic carbocycles. The minimum atomic E-state index is 1.01. The summed E-state index contributed by atoms with van der Waals surface area (Å²) in [7, 11) is 0. The molecule has 0 amide bonds. The molecule has 2 rings (SSSR count). The van der Waals surface area contributed by atoms with Gasteiger partial charge in [-0.3, -0.25) is 0 Å². The molecule has 0 bridgehead atoms. The first-order valence-corrected chi connectivity index (χ1v) is 5.78. The van der Waals surface area contributed by atoms with E-state index in [-0.39, 0.29) is 0 Å². The van der Waals surface area contributed by atoms with Gasteiger partial charge in [0.2, 0.25) is 0 Å². The maximum Gasteiger partial charge on any atom is 0.0859 e. The maximum absolute atomic E-state index is 2.64. The summed E-state index contributed by atoms with van der Waals surface area (Å²) < 4.78 is 0. The van der Waals surface area contributed by atoms with Crippen LogP contribution in [0.4, 0.5) is 0 Å². The van der Waals surface area contributed by atoms with Crippen LogP contribution in [-0.2, 0) is 0 Å². The van der Waals surface area contributed by atoms with Gasteiger partial charge in [-0.05, 0) is 38.5 Å². The van der Waals surface area contributed by atoms with Gasteiger partial charge in [0.15, 0.2) is 0 Å². The van der Waals surface area contributed by atoms with Crippen molar-refractivity contribution in [3.63, 3.8) is 0 Å². The van der Waals surface area contributed by atoms with E-state index in [1.807, 2.05) is 0 Å². The lowest BCUT2D eigenvalue weighted by Crippen LogP contribution is -2.90. The standard InChI is InChI=1S/C11H21N/c1-2-6-10(5-1)9-12-11-7-3-4-8-11/h10-12H,1-9H2/p+1. The Morgan fingerprint density at radius 2 is 1.42 bits per heavy atom. The van der Waals surface area contributed by atoms with Gasteiger partial charge >= 0.3 is 0 Å². The normalized spacial score (nSPS) is 27.0. The third-order valence-corrected chi connectivity index (χ3v) is 3.68. The molecule has 1 heteroatoms. The molecule has 2 fully saturated rings. The SMILES string of the molecule is C1CCC(C[NH2+]C2CCCC2)C1. The largest absolute Gasteiger partial charge is 0.344 e. The number of quaternary nitrogens is 1. The molecule has 0 aromatic heterocycles. The second kappa shape index (κ2) is 4.27. The Balaban J connectivity index is 1.60. The molecular weight excluding hydrogens is 146 g/mol. The minimum Gasteiger partial charge on any atom is -0.344 e. The molecule has 0 radical (unpaired) electrons. The molecule has 12 heavy (non-hydrogen) atoms. The highest BCUT2D eigenvalue weighted by atomic mass is 14.9. The fourth-order valence-corrected chi connectivity index (χ4v) is 2.82. The number of nitrogens with two attached hydrogens (primary N) is 1. The van der Waals surface area contributed by atoms with Crippen molar-refractivity contribution in [3.8, 4) is 0 Å². The summed E-state index contributed by atoms with van der Waals surface area (Å²) in [5.74, 6) is 1.07. The van der Waals surface area contributed by atoms with E-state index < -0.39 is 0 Å². The quantitative estimate of drug-likeness (QED) is 0.660. The fourth-order valence-electron chi connectivity index (χ4n) is 2.82. The third kappa shape index (κ3) is 2.22. The van der Waals surface area contributed by atoms with Crippen molar-refractivity contribution < 1.29 is 5.32 Å². The summed E-state index contributed by atoms with van der Waals surface area (Å²) >= 11 is 0. The van der Waals surface area contributed by atoms with Crippen LogP contribution < -0.4 is 5.32 Å². The molecule has 0 aromatic rings. The molecular formula is C11H22N+. The summed E-state index contributed by atoms with van der Waals surface area (Å²) in [6.07, 6.45) is 12.0. The minimum absolute atomic E-state index is 1.01. The second-order valence-electron chi connectivity index (χ2n) is 4.67. The average Bonchev–Trinajstić information content (AvgIpc) is 2.74. The van der Waals surface area contributed by atoms with Gasteiger partial charge in [0.25, 0.3) is 0 Å². The highest BCUT2D eigenvalue weighted by Gasteiger charge is 2.21. The summed E-state index contributed by atoms with van der Waals surface area (Å²) in [5, 5.41) is 2.64. The van der Waals surface area contributed by atoms with Gasteiger partial charge in [-0.2, -0.15) is 0 Å². The van der Waals surface area contributed by atoms with E-state index in [0.717, 1.165) is 12.0 Å². The van der Waals surface area contributed by atoms with E-state index >= 15 is 0 Å². The molecule has 0 atom stereocenters. The topological polar surface area (TPSA) is 16.6 Å². The summed E-state index contributed by atoms with van der Waals surface area (Å²) in [6.45, 7) is 1.44. The van der Waals surface area contributed by atoms with Gasteiger partial charge < -0.3 is 5.32 Å². The van der Waals surface area contributed by atoms with Gasteiger partial charge in [0.05, 0.1) is 12.6 Å². The molecule has 2 aliphatic rings. The van der Waals surface area contributed by atoms with Gasteiger partial charge in [-0.25, -0.2) is 0 Å². The van der Waals surface area contributed by atoms with Gasteiger partial charge in [-0.15, -0.1) is 0 Å². The highest BCUT2D eigenvalue weighted by molar-refractivity contribution is 4.67. The molecule has 1 nitrogen and oxygen atoms in total. The molecule has 0 aromatic carbocycles. The van der Waals surface area contributed by atoms with Crippen molar-refractivity contribution in [3.05, 3.63) is 0 Å². The summed E-state index contributed by atoms with van der Waals surface area (Å²) in [6, 6.07) is 1.01. The van der Waals surface area contributed by atoms with Gasteiger partial charge in [0, 0.05) is 5.92 Å². The molecule has 2 saturated carbocycles. The van der Waals surface area contributed by atoms with Crippen LogP contribution in [0.15, 0.2) is 0 Å². The zero-order valence-corrected chi connectivity index (χ0v) is 8.10. The molecule has 0 unspecified atom stereocenters. The van der Waals surface area contributed by atoms with E-state index in [0.29, 0.717) is 0 Å². The van der Waals surface area contributed by atoms with E-state index in [4.69, 9.17) is 0 Å². The predicted molar refractivity (Wildman–Crippen MR) is 51.0 cm³/mol. The maximum atomic E-state index is 2.64. The molecule has 0 saturated heterocycles. The zero-order valence-electron chi connectivity index (χ0n) is 8.10. The monoisotopic (exact) mass is 168 g/mol. The molecule has 70 valence electrons. The van der Waals surface area contributed by atoms with Crippen molar-refractivity contribution in [2.24, 2.45) is 5.92 Å². The van der Waals surface area contributed by atoms with Crippen LogP contribution in [0.2, 0.25) is 0 Å². The molecule has 0 aliphatic heterocycles. The van der Waals surface area contributed by atoms with Crippen LogP contribution in [-0.4, -0.2) is 12.6 Å². The third-order valence-electron chi connectivity index (χ3n) is 3.68. The Labute approximate surface area is 75.9 Å². The van der Waals surface area contributed by atoms with Crippen molar-refractivity contribution in [1.82, 2.24) is 0 Å². The lowest BCUT2D eigenvalue weighted by Gasteiger charge is -2.12. The average molecular weight is 168 g/mol. The Morgan fingerprint density at radius 1 is 0.833 bits per heavy atom. The number of hydrogen-bond donors (Lipinski definition) is 1. The lowest BCUT2D eigenvalue weighted by atomic mass is 10.1. The Bertz CT molecular complexity index is 105. The predicted octanol–water partition coefficient (Wildman–Crippen LogP) is 1.68. The Morgan fingerprint density at radius 3 is 2.08 bits per heavy atom. The zero-order chi connectivity index (χ0) is 8.23. The lowest BCUT2D eigenvalue weighted by molar-refractivity contribution is -0.693. The molecule has 0 heterocycles. The van der Waals surface area contributed by atoms with Crippen LogP contribution in [0.3, 0.4) is 0 Å². The van der Waals surface area contributed by atoms with Crippen molar-refractivity contribution >= 4 is 0 Å². The van der Waals surface area contributed by atoms with Gasteiger partial charge in [-0.1, -0.05) is 12.8 Å². The second-order valence-corrected chi connectivity index (χ2v) is 4.67. The van der Waals surface area contributed by atoms with E-state index in [2.05, 4.69) is 5.32 Å². The summed E-state index contributed by atoms with van der Waals surface area (Å²) in [4.78, 5) is 0. The van der Waals surface area contributed by atoms with Crippen molar-refractivity contribution in [2.75, 3.05) is 6.54 Å². The smallest absolute Gasteiger partial charge is 0.0859 e. The van der Waals surface area contributed by atoms with Crippen LogP contribution in [0.25, 0.3) is 0 Å². The first-order chi connectivity index (χ1) is 5.95. The van der Waals surface area contributed by atoms with Crippen molar-refractivity contribution in [2.45, 2.75) is 57.4 Å². The fraction of sp³-hybridized carbons (Fsp3) is 1.00. The van der Waals surface area contributed by atoms with E-state index in [1.165, 1.54) is 57.9 Å². The van der Waals surface area contributed by atoms with Gasteiger partial charge in [0.1, 0.15) is 0 Å². The highest BCUT2D eigenvalue weighted by Crippen LogP contribution is 2.23. The van der Waals surface area contributed by atoms with Crippen LogP contribution in [0.5, 0.6) is 0 Å². The van der Waals surface area contributed by atoms with Crippen molar-refractivity contribution in [1.29, 1.82) is 0 Å². The Hall–Kier alpha value is -0.0400. The number of hydrogen-bond acceptors (Lipinski definition) is 0. The first kappa shape index (κ1) is 8.55. The number of rotatable bonds is 3. The molecule has 0 spiro atoms. The Kier molecular flexibility index (Phi) is 3.04. The summed E-state index contributed by atoms with van der Waals surface area (Å²) in [5.41, 5.74) is 0. The van der Waals surface area contributed by atoms with Crippen LogP contribution in [0, 0.1) is 5.92 Å². The van der Waals surface area contributed by atoms with E-state index in [9.17, 15) is 0 Å². The van der Waals surface area contributed by atoms with Crippen LogP contribution >= 0.6 is 0 Å². The first-order valence-electron chi connectivity index (χ1n) is 5.78.